The molecule has 0 spiro atoms. The van der Waals surface area contributed by atoms with E-state index in [0.717, 1.165) is 38.2 Å². The summed E-state index contributed by atoms with van der Waals surface area (Å²) in [7, 11) is 2.14. The molecule has 104 valence electrons. The smallest absolute Gasteiger partial charge is 0.336 e. The Morgan fingerprint density at radius 2 is 2.11 bits per heavy atom. The van der Waals surface area contributed by atoms with Crippen molar-refractivity contribution in [2.45, 2.75) is 25.9 Å². The Labute approximate surface area is 114 Å². The van der Waals surface area contributed by atoms with Crippen LogP contribution in [0.25, 0.3) is 0 Å². The fourth-order valence-electron chi connectivity index (χ4n) is 2.74. The highest BCUT2D eigenvalue weighted by Gasteiger charge is 2.21. The van der Waals surface area contributed by atoms with Crippen LogP contribution in [0.2, 0.25) is 0 Å². The molecule has 0 aromatic heterocycles. The van der Waals surface area contributed by atoms with Crippen molar-refractivity contribution in [2.24, 2.45) is 0 Å². The van der Waals surface area contributed by atoms with Gasteiger partial charge in [0.15, 0.2) is 0 Å². The van der Waals surface area contributed by atoms with Crippen molar-refractivity contribution in [1.29, 1.82) is 0 Å². The molecule has 1 saturated heterocycles. The normalized spacial score (nSPS) is 22.1. The average molecular weight is 262 g/mol. The molecule has 1 heterocycles. The zero-order chi connectivity index (χ0) is 13.8. The molecular weight excluding hydrogens is 240 g/mol. The van der Waals surface area contributed by atoms with Crippen LogP contribution in [-0.4, -0.2) is 53.6 Å². The summed E-state index contributed by atoms with van der Waals surface area (Å²) < 4.78 is 0. The molecule has 0 bridgehead atoms. The lowest BCUT2D eigenvalue weighted by atomic mass is 10.1. The zero-order valence-corrected chi connectivity index (χ0v) is 11.7. The standard InChI is InChI=1S/C15H22N2O2/c1-12-10-16(2)8-5-9-17(12)11-13-6-3-4-7-14(13)15(18)19/h3-4,6-7,12H,5,8-11H2,1-2H3,(H,18,19). The van der Waals surface area contributed by atoms with E-state index in [4.69, 9.17) is 0 Å². The van der Waals surface area contributed by atoms with Gasteiger partial charge in [-0.05, 0) is 38.6 Å². The van der Waals surface area contributed by atoms with Gasteiger partial charge in [0.25, 0.3) is 0 Å². The van der Waals surface area contributed by atoms with Gasteiger partial charge in [-0.1, -0.05) is 18.2 Å². The predicted octanol–water partition coefficient (Wildman–Crippen LogP) is 1.91. The van der Waals surface area contributed by atoms with Gasteiger partial charge in [-0.3, -0.25) is 4.90 Å². The SMILES string of the molecule is CC1CN(C)CCCN1Cc1ccccc1C(=O)O. The first kappa shape index (κ1) is 14.0. The van der Waals surface area contributed by atoms with Crippen LogP contribution in [0, 0.1) is 0 Å². The Hall–Kier alpha value is -1.39. The van der Waals surface area contributed by atoms with E-state index < -0.39 is 5.97 Å². The van der Waals surface area contributed by atoms with Crippen molar-refractivity contribution in [3.8, 4) is 0 Å². The van der Waals surface area contributed by atoms with E-state index in [1.54, 1.807) is 12.1 Å². The summed E-state index contributed by atoms with van der Waals surface area (Å²) in [5, 5.41) is 9.23. The van der Waals surface area contributed by atoms with E-state index in [1.165, 1.54) is 0 Å². The molecule has 4 heteroatoms. The quantitative estimate of drug-likeness (QED) is 0.903. The van der Waals surface area contributed by atoms with E-state index in [2.05, 4.69) is 23.8 Å². The van der Waals surface area contributed by atoms with Gasteiger partial charge in [0, 0.05) is 25.7 Å². The monoisotopic (exact) mass is 262 g/mol. The van der Waals surface area contributed by atoms with Gasteiger partial charge in [0.1, 0.15) is 0 Å². The largest absolute Gasteiger partial charge is 0.478 e. The number of likely N-dealkylation sites (N-methyl/N-ethyl adjacent to an activating group) is 1. The second-order valence-corrected chi connectivity index (χ2v) is 5.40. The molecule has 2 rings (SSSR count). The second kappa shape index (κ2) is 6.17. The van der Waals surface area contributed by atoms with Crippen molar-refractivity contribution in [3.63, 3.8) is 0 Å². The highest BCUT2D eigenvalue weighted by Crippen LogP contribution is 2.16. The maximum absolute atomic E-state index is 11.2. The minimum Gasteiger partial charge on any atom is -0.478 e. The van der Waals surface area contributed by atoms with Crippen LogP contribution >= 0.6 is 0 Å². The summed E-state index contributed by atoms with van der Waals surface area (Å²) >= 11 is 0. The second-order valence-electron chi connectivity index (χ2n) is 5.40. The first-order chi connectivity index (χ1) is 9.08. The van der Waals surface area contributed by atoms with Gasteiger partial charge < -0.3 is 10.0 Å². The summed E-state index contributed by atoms with van der Waals surface area (Å²) in [6, 6.07) is 7.76. The first-order valence-corrected chi connectivity index (χ1v) is 6.81. The molecule has 0 saturated carbocycles. The van der Waals surface area contributed by atoms with Gasteiger partial charge in [-0.15, -0.1) is 0 Å². The van der Waals surface area contributed by atoms with Crippen LogP contribution in [0.1, 0.15) is 29.3 Å². The number of carbonyl (C=O) groups is 1. The number of hydrogen-bond donors (Lipinski definition) is 1. The minimum atomic E-state index is -0.838. The summed E-state index contributed by atoms with van der Waals surface area (Å²) in [5.41, 5.74) is 1.33. The minimum absolute atomic E-state index is 0.423. The maximum atomic E-state index is 11.2. The Morgan fingerprint density at radius 1 is 1.37 bits per heavy atom. The molecule has 1 unspecified atom stereocenters. The van der Waals surface area contributed by atoms with Gasteiger partial charge in [-0.2, -0.15) is 0 Å². The van der Waals surface area contributed by atoms with Crippen molar-refractivity contribution in [2.75, 3.05) is 26.7 Å². The Bertz CT molecular complexity index is 448. The molecule has 4 nitrogen and oxygen atoms in total. The van der Waals surface area contributed by atoms with Gasteiger partial charge >= 0.3 is 5.97 Å². The predicted molar refractivity (Wildman–Crippen MR) is 75.4 cm³/mol. The van der Waals surface area contributed by atoms with Crippen LogP contribution in [0.5, 0.6) is 0 Å². The molecule has 1 N–H and O–H groups in total. The molecule has 1 aromatic carbocycles. The van der Waals surface area contributed by atoms with Crippen LogP contribution in [0.3, 0.4) is 0 Å². The lowest BCUT2D eigenvalue weighted by molar-refractivity contribution is 0.0693. The molecule has 19 heavy (non-hydrogen) atoms. The molecule has 1 fully saturated rings. The Balaban J connectivity index is 2.14. The molecule has 1 aromatic rings. The third kappa shape index (κ3) is 3.55. The van der Waals surface area contributed by atoms with E-state index in [0.29, 0.717) is 11.6 Å². The summed E-state index contributed by atoms with van der Waals surface area (Å²) in [6.07, 6.45) is 1.13. The van der Waals surface area contributed by atoms with E-state index >= 15 is 0 Å². The molecular formula is C15H22N2O2. The van der Waals surface area contributed by atoms with E-state index in [1.807, 2.05) is 12.1 Å². The Morgan fingerprint density at radius 3 is 2.84 bits per heavy atom. The van der Waals surface area contributed by atoms with Crippen LogP contribution in [0.15, 0.2) is 24.3 Å². The van der Waals surface area contributed by atoms with Gasteiger partial charge in [0.05, 0.1) is 5.56 Å². The van der Waals surface area contributed by atoms with E-state index in [9.17, 15) is 9.90 Å². The average Bonchev–Trinajstić information content (AvgIpc) is 2.52. The summed E-state index contributed by atoms with van der Waals surface area (Å²) in [4.78, 5) is 16.0. The number of hydrogen-bond acceptors (Lipinski definition) is 3. The molecule has 1 atom stereocenters. The fourth-order valence-corrected chi connectivity index (χ4v) is 2.74. The van der Waals surface area contributed by atoms with Crippen molar-refractivity contribution in [3.05, 3.63) is 35.4 Å². The third-order valence-electron chi connectivity index (χ3n) is 3.81. The summed E-state index contributed by atoms with van der Waals surface area (Å²) in [6.45, 7) is 6.11. The van der Waals surface area contributed by atoms with Crippen molar-refractivity contribution >= 4 is 5.97 Å². The van der Waals surface area contributed by atoms with Crippen molar-refractivity contribution < 1.29 is 9.90 Å². The molecule has 1 aliphatic rings. The lowest BCUT2D eigenvalue weighted by Gasteiger charge is -2.28. The number of nitrogens with zero attached hydrogens (tertiary/aromatic N) is 2. The molecule has 1 aliphatic heterocycles. The third-order valence-corrected chi connectivity index (χ3v) is 3.81. The lowest BCUT2D eigenvalue weighted by Crippen LogP contribution is -2.37. The highest BCUT2D eigenvalue weighted by atomic mass is 16.4. The molecule has 0 aliphatic carbocycles. The first-order valence-electron chi connectivity index (χ1n) is 6.81. The van der Waals surface area contributed by atoms with Crippen LogP contribution in [0.4, 0.5) is 0 Å². The molecule has 0 amide bonds. The summed E-state index contributed by atoms with van der Waals surface area (Å²) in [5.74, 6) is -0.838. The number of aromatic carboxylic acids is 1. The van der Waals surface area contributed by atoms with E-state index in [-0.39, 0.29) is 0 Å². The maximum Gasteiger partial charge on any atom is 0.336 e. The topological polar surface area (TPSA) is 43.8 Å². The van der Waals surface area contributed by atoms with Gasteiger partial charge in [0.2, 0.25) is 0 Å². The number of benzene rings is 1. The number of carboxylic acids is 1. The fraction of sp³-hybridized carbons (Fsp3) is 0.533. The van der Waals surface area contributed by atoms with Crippen LogP contribution in [-0.2, 0) is 6.54 Å². The molecule has 0 radical (unpaired) electrons. The van der Waals surface area contributed by atoms with Crippen molar-refractivity contribution in [1.82, 2.24) is 9.80 Å². The Kier molecular flexibility index (Phi) is 4.56. The number of rotatable bonds is 3. The highest BCUT2D eigenvalue weighted by molar-refractivity contribution is 5.89. The van der Waals surface area contributed by atoms with Crippen LogP contribution < -0.4 is 0 Å². The zero-order valence-electron chi connectivity index (χ0n) is 11.7. The van der Waals surface area contributed by atoms with Gasteiger partial charge in [-0.25, -0.2) is 4.79 Å². The number of carboxylic acid groups (broad SMARTS) is 1.